The molecule has 0 aromatic carbocycles. The summed E-state index contributed by atoms with van der Waals surface area (Å²) in [4.78, 5) is 3.98. The molecule has 0 aliphatic carbocycles. The Hall–Kier alpha value is -1.13. The van der Waals surface area contributed by atoms with Gasteiger partial charge in [0.15, 0.2) is 0 Å². The van der Waals surface area contributed by atoms with Crippen LogP contribution in [0, 0.1) is 0 Å². The van der Waals surface area contributed by atoms with Crippen molar-refractivity contribution in [1.82, 2.24) is 20.0 Å². The largest absolute Gasteiger partial charge is 0.248 e. The predicted octanol–water partition coefficient (Wildman–Crippen LogP) is 2.11. The summed E-state index contributed by atoms with van der Waals surface area (Å²) in [6, 6.07) is 3.65. The average Bonchev–Trinajstić information content (AvgIpc) is 2.69. The molecule has 15 heavy (non-hydrogen) atoms. The Morgan fingerprint density at radius 3 is 2.80 bits per heavy atom. The molecule has 2 aromatic rings. The van der Waals surface area contributed by atoms with E-state index in [4.69, 9.17) is 23.2 Å². The average molecular weight is 243 g/mol. The molecule has 4 nitrogen and oxygen atoms in total. The molecular formula is C9H8Cl2N4. The van der Waals surface area contributed by atoms with Gasteiger partial charge in [-0.3, -0.25) is 0 Å². The molecule has 0 fully saturated rings. The summed E-state index contributed by atoms with van der Waals surface area (Å²) in [6.07, 6.45) is 3.52. The van der Waals surface area contributed by atoms with Crippen molar-refractivity contribution in [3.05, 3.63) is 40.9 Å². The normalized spacial score (nSPS) is 10.5. The third-order valence-electron chi connectivity index (χ3n) is 1.86. The van der Waals surface area contributed by atoms with E-state index in [-0.39, 0.29) is 0 Å². The van der Waals surface area contributed by atoms with Crippen LogP contribution in [0.2, 0.25) is 5.15 Å². The highest BCUT2D eigenvalue weighted by Gasteiger charge is 2.00. The number of halogens is 2. The summed E-state index contributed by atoms with van der Waals surface area (Å²) in [5, 5.41) is 8.29. The van der Waals surface area contributed by atoms with Crippen LogP contribution < -0.4 is 0 Å². The number of pyridine rings is 1. The maximum atomic E-state index is 5.68. The predicted molar refractivity (Wildman–Crippen MR) is 57.9 cm³/mol. The van der Waals surface area contributed by atoms with Gasteiger partial charge in [0.05, 0.1) is 24.3 Å². The second-order valence-corrected chi connectivity index (χ2v) is 3.68. The van der Waals surface area contributed by atoms with Gasteiger partial charge in [-0.2, -0.15) is 0 Å². The van der Waals surface area contributed by atoms with Gasteiger partial charge < -0.3 is 0 Å². The van der Waals surface area contributed by atoms with E-state index in [1.165, 1.54) is 0 Å². The lowest BCUT2D eigenvalue weighted by atomic mass is 10.3. The van der Waals surface area contributed by atoms with Crippen molar-refractivity contribution in [2.45, 2.75) is 12.4 Å². The Balaban J connectivity index is 2.11. The molecule has 2 rings (SSSR count). The minimum absolute atomic E-state index is 0.374. The van der Waals surface area contributed by atoms with E-state index in [0.717, 1.165) is 11.3 Å². The molecule has 0 amide bonds. The van der Waals surface area contributed by atoms with Gasteiger partial charge in [-0.25, -0.2) is 9.67 Å². The first-order chi connectivity index (χ1) is 7.28. The van der Waals surface area contributed by atoms with Crippen molar-refractivity contribution in [2.75, 3.05) is 0 Å². The van der Waals surface area contributed by atoms with Gasteiger partial charge in [0, 0.05) is 6.20 Å². The maximum absolute atomic E-state index is 5.68. The number of hydrogen-bond donors (Lipinski definition) is 0. The first-order valence-electron chi connectivity index (χ1n) is 4.33. The highest BCUT2D eigenvalue weighted by Crippen LogP contribution is 2.07. The van der Waals surface area contributed by atoms with Crippen LogP contribution in [-0.4, -0.2) is 20.0 Å². The summed E-state index contributed by atoms with van der Waals surface area (Å²) in [7, 11) is 0. The van der Waals surface area contributed by atoms with Crippen molar-refractivity contribution in [3.63, 3.8) is 0 Å². The van der Waals surface area contributed by atoms with Crippen LogP contribution in [-0.2, 0) is 12.4 Å². The van der Waals surface area contributed by atoms with Crippen molar-refractivity contribution < 1.29 is 0 Å². The molecule has 0 atom stereocenters. The number of rotatable bonds is 3. The van der Waals surface area contributed by atoms with Crippen LogP contribution in [0.25, 0.3) is 0 Å². The SMILES string of the molecule is ClCc1cn(Cc2ccc(Cl)nc2)nn1. The molecule has 0 unspecified atom stereocenters. The zero-order valence-corrected chi connectivity index (χ0v) is 9.28. The second-order valence-electron chi connectivity index (χ2n) is 3.03. The van der Waals surface area contributed by atoms with E-state index in [1.54, 1.807) is 16.9 Å². The lowest BCUT2D eigenvalue weighted by Crippen LogP contribution is -2.00. The topological polar surface area (TPSA) is 43.6 Å². The van der Waals surface area contributed by atoms with Crippen LogP contribution in [0.3, 0.4) is 0 Å². The molecule has 78 valence electrons. The van der Waals surface area contributed by atoms with Crippen LogP contribution >= 0.6 is 23.2 Å². The maximum Gasteiger partial charge on any atom is 0.129 e. The lowest BCUT2D eigenvalue weighted by molar-refractivity contribution is 0.648. The van der Waals surface area contributed by atoms with Crippen LogP contribution in [0.15, 0.2) is 24.5 Å². The number of aromatic nitrogens is 4. The molecule has 0 bridgehead atoms. The monoisotopic (exact) mass is 242 g/mol. The van der Waals surface area contributed by atoms with E-state index in [9.17, 15) is 0 Å². The Morgan fingerprint density at radius 1 is 1.33 bits per heavy atom. The highest BCUT2D eigenvalue weighted by molar-refractivity contribution is 6.29. The Morgan fingerprint density at radius 2 is 2.20 bits per heavy atom. The van der Waals surface area contributed by atoms with Gasteiger partial charge in [0.1, 0.15) is 5.15 Å². The van der Waals surface area contributed by atoms with Gasteiger partial charge in [-0.15, -0.1) is 16.7 Å². The van der Waals surface area contributed by atoms with E-state index in [0.29, 0.717) is 17.6 Å². The van der Waals surface area contributed by atoms with Gasteiger partial charge in [0.25, 0.3) is 0 Å². The first kappa shape index (κ1) is 10.4. The Bertz CT molecular complexity index is 438. The number of nitrogens with zero attached hydrogens (tertiary/aromatic N) is 4. The van der Waals surface area contributed by atoms with Gasteiger partial charge in [0.2, 0.25) is 0 Å². The van der Waals surface area contributed by atoms with Crippen molar-refractivity contribution in [2.24, 2.45) is 0 Å². The molecule has 0 aliphatic heterocycles. The zero-order valence-electron chi connectivity index (χ0n) is 7.77. The van der Waals surface area contributed by atoms with Gasteiger partial charge >= 0.3 is 0 Å². The van der Waals surface area contributed by atoms with Gasteiger partial charge in [-0.1, -0.05) is 22.9 Å². The smallest absolute Gasteiger partial charge is 0.129 e. The van der Waals surface area contributed by atoms with E-state index >= 15 is 0 Å². The standard InChI is InChI=1S/C9H8Cl2N4/c10-3-8-6-15(14-13-8)5-7-1-2-9(11)12-4-7/h1-2,4,6H,3,5H2. The van der Waals surface area contributed by atoms with Crippen molar-refractivity contribution >= 4 is 23.2 Å². The molecule has 0 radical (unpaired) electrons. The lowest BCUT2D eigenvalue weighted by Gasteiger charge is -1.99. The highest BCUT2D eigenvalue weighted by atomic mass is 35.5. The van der Waals surface area contributed by atoms with E-state index in [1.807, 2.05) is 12.3 Å². The van der Waals surface area contributed by atoms with Crippen molar-refractivity contribution in [3.8, 4) is 0 Å². The molecule has 6 heteroatoms. The fraction of sp³-hybridized carbons (Fsp3) is 0.222. The second kappa shape index (κ2) is 4.59. The summed E-state index contributed by atoms with van der Waals surface area (Å²) in [6.45, 7) is 0.619. The first-order valence-corrected chi connectivity index (χ1v) is 5.24. The molecular weight excluding hydrogens is 235 g/mol. The molecule has 2 aromatic heterocycles. The van der Waals surface area contributed by atoms with Crippen LogP contribution in [0.4, 0.5) is 0 Å². The summed E-state index contributed by atoms with van der Waals surface area (Å²) < 4.78 is 1.71. The molecule has 2 heterocycles. The molecule has 0 saturated carbocycles. The van der Waals surface area contributed by atoms with Gasteiger partial charge in [-0.05, 0) is 11.6 Å². The Labute approximate surface area is 96.8 Å². The fourth-order valence-corrected chi connectivity index (χ4v) is 1.40. The Kier molecular flexibility index (Phi) is 3.18. The summed E-state index contributed by atoms with van der Waals surface area (Å²) in [5.41, 5.74) is 1.78. The fourth-order valence-electron chi connectivity index (χ4n) is 1.16. The number of alkyl halides is 1. The third kappa shape index (κ3) is 2.67. The minimum atomic E-state index is 0.374. The molecule has 0 saturated heterocycles. The van der Waals surface area contributed by atoms with Crippen molar-refractivity contribution in [1.29, 1.82) is 0 Å². The van der Waals surface area contributed by atoms with E-state index < -0.39 is 0 Å². The molecule has 0 N–H and O–H groups in total. The van der Waals surface area contributed by atoms with Crippen LogP contribution in [0.1, 0.15) is 11.3 Å². The minimum Gasteiger partial charge on any atom is -0.248 e. The zero-order chi connectivity index (χ0) is 10.7. The van der Waals surface area contributed by atoms with E-state index in [2.05, 4.69) is 15.3 Å². The molecule has 0 spiro atoms. The molecule has 0 aliphatic rings. The third-order valence-corrected chi connectivity index (χ3v) is 2.35. The summed E-state index contributed by atoms with van der Waals surface area (Å²) >= 11 is 11.3. The summed E-state index contributed by atoms with van der Waals surface area (Å²) in [5.74, 6) is 0.374. The quantitative estimate of drug-likeness (QED) is 0.612. The number of hydrogen-bond acceptors (Lipinski definition) is 3. The van der Waals surface area contributed by atoms with Crippen LogP contribution in [0.5, 0.6) is 0 Å².